The molecule has 150 valence electrons. The Hall–Kier alpha value is -2.58. The first-order valence-corrected chi connectivity index (χ1v) is 10.2. The number of ether oxygens (including phenoxy) is 1. The molecule has 7 nitrogen and oxygen atoms in total. The first-order valence-electron chi connectivity index (χ1n) is 9.35. The molecule has 0 unspecified atom stereocenters. The second-order valence-electron chi connectivity index (χ2n) is 6.57. The van der Waals surface area contributed by atoms with Gasteiger partial charge in [0.15, 0.2) is 0 Å². The molecule has 1 aromatic heterocycles. The van der Waals surface area contributed by atoms with E-state index in [2.05, 4.69) is 15.5 Å². The second-order valence-corrected chi connectivity index (χ2v) is 7.52. The molecule has 0 spiro atoms. The number of nitrogens with one attached hydrogen (secondary N) is 2. The Labute approximate surface area is 169 Å². The number of hydrogen-bond donors (Lipinski definition) is 2. The molecule has 1 fully saturated rings. The highest BCUT2D eigenvalue weighted by molar-refractivity contribution is 7.12. The van der Waals surface area contributed by atoms with Crippen molar-refractivity contribution in [3.8, 4) is 5.75 Å². The average Bonchev–Trinajstić information content (AvgIpc) is 3.27. The molecular formula is C20H26N4O3S. The van der Waals surface area contributed by atoms with Gasteiger partial charge in [0.05, 0.1) is 12.0 Å². The lowest BCUT2D eigenvalue weighted by Gasteiger charge is -2.34. The summed E-state index contributed by atoms with van der Waals surface area (Å²) in [6.45, 7) is 4.92. The molecular weight excluding hydrogens is 376 g/mol. The summed E-state index contributed by atoms with van der Waals surface area (Å²) in [6, 6.07) is 11.2. The van der Waals surface area contributed by atoms with Gasteiger partial charge in [-0.15, -0.1) is 11.3 Å². The molecule has 0 radical (unpaired) electrons. The Bertz CT molecular complexity index is 756. The van der Waals surface area contributed by atoms with E-state index in [1.54, 1.807) is 7.11 Å². The van der Waals surface area contributed by atoms with Crippen LogP contribution in [0.1, 0.15) is 15.2 Å². The predicted octanol–water partition coefficient (Wildman–Crippen LogP) is 2.01. The van der Waals surface area contributed by atoms with E-state index in [9.17, 15) is 9.59 Å². The minimum Gasteiger partial charge on any atom is -0.497 e. The predicted molar refractivity (Wildman–Crippen MR) is 110 cm³/mol. The number of nitrogens with zero attached hydrogens (tertiary/aromatic N) is 2. The summed E-state index contributed by atoms with van der Waals surface area (Å²) in [5.74, 6) is 0.913. The topological polar surface area (TPSA) is 73.9 Å². The highest BCUT2D eigenvalue weighted by atomic mass is 32.1. The van der Waals surface area contributed by atoms with Gasteiger partial charge >= 0.3 is 6.03 Å². The molecule has 0 aliphatic carbocycles. The smallest absolute Gasteiger partial charge is 0.315 e. The van der Waals surface area contributed by atoms with E-state index in [0.717, 1.165) is 48.9 Å². The minimum absolute atomic E-state index is 0.116. The van der Waals surface area contributed by atoms with E-state index in [4.69, 9.17) is 4.74 Å². The molecule has 8 heteroatoms. The number of carbonyl (C=O) groups excluding carboxylic acids is 2. The lowest BCUT2D eigenvalue weighted by atomic mass is 10.2. The fraction of sp³-hybridized carbons (Fsp3) is 0.400. The molecule has 0 saturated carbocycles. The van der Waals surface area contributed by atoms with Crippen LogP contribution in [-0.4, -0.2) is 68.1 Å². The molecule has 2 heterocycles. The molecule has 2 aromatic rings. The van der Waals surface area contributed by atoms with E-state index < -0.39 is 0 Å². The number of urea groups is 1. The van der Waals surface area contributed by atoms with Crippen LogP contribution >= 0.6 is 11.3 Å². The normalized spacial score (nSPS) is 14.5. The van der Waals surface area contributed by atoms with Crippen molar-refractivity contribution in [1.29, 1.82) is 0 Å². The summed E-state index contributed by atoms with van der Waals surface area (Å²) in [4.78, 5) is 29.2. The molecule has 3 rings (SSSR count). The molecule has 28 heavy (non-hydrogen) atoms. The van der Waals surface area contributed by atoms with Crippen LogP contribution in [0.2, 0.25) is 0 Å². The fourth-order valence-corrected chi connectivity index (χ4v) is 3.74. The number of hydrogen-bond acceptors (Lipinski definition) is 5. The van der Waals surface area contributed by atoms with E-state index in [-0.39, 0.29) is 11.9 Å². The summed E-state index contributed by atoms with van der Waals surface area (Å²) < 4.78 is 5.12. The van der Waals surface area contributed by atoms with Crippen LogP contribution in [0.4, 0.5) is 4.79 Å². The Morgan fingerprint density at radius 3 is 2.46 bits per heavy atom. The Balaban J connectivity index is 1.30. The van der Waals surface area contributed by atoms with Crippen LogP contribution in [-0.2, 0) is 6.54 Å². The van der Waals surface area contributed by atoms with Crippen molar-refractivity contribution in [2.75, 3.05) is 46.4 Å². The highest BCUT2D eigenvalue weighted by Gasteiger charge is 2.22. The standard InChI is InChI=1S/C20H26N4O3S/c1-27-17-6-4-16(5-7-17)15-22-20(26)21-8-9-23-10-12-24(13-11-23)19(25)18-3-2-14-28-18/h2-7,14H,8-13,15H2,1H3,(H2,21,22,26). The van der Waals surface area contributed by atoms with E-state index in [1.807, 2.05) is 46.7 Å². The maximum atomic E-state index is 12.3. The maximum absolute atomic E-state index is 12.3. The summed E-state index contributed by atoms with van der Waals surface area (Å²) in [5, 5.41) is 7.66. The lowest BCUT2D eigenvalue weighted by molar-refractivity contribution is 0.0644. The zero-order valence-corrected chi connectivity index (χ0v) is 16.8. The number of methoxy groups -OCH3 is 1. The number of piperazine rings is 1. The van der Waals surface area contributed by atoms with Gasteiger partial charge in [-0.05, 0) is 29.1 Å². The number of carbonyl (C=O) groups is 2. The average molecular weight is 403 g/mol. The van der Waals surface area contributed by atoms with Crippen LogP contribution in [0.25, 0.3) is 0 Å². The largest absolute Gasteiger partial charge is 0.497 e. The minimum atomic E-state index is -0.178. The molecule has 0 bridgehead atoms. The molecule has 1 aliphatic rings. The van der Waals surface area contributed by atoms with Crippen LogP contribution in [0.15, 0.2) is 41.8 Å². The second kappa shape index (κ2) is 10.1. The van der Waals surface area contributed by atoms with Crippen LogP contribution in [0.3, 0.4) is 0 Å². The van der Waals surface area contributed by atoms with Crippen molar-refractivity contribution in [2.24, 2.45) is 0 Å². The molecule has 1 aliphatic heterocycles. The molecule has 3 amide bonds. The van der Waals surface area contributed by atoms with Gasteiger partial charge in [-0.3, -0.25) is 9.69 Å². The van der Waals surface area contributed by atoms with E-state index >= 15 is 0 Å². The van der Waals surface area contributed by atoms with Gasteiger partial charge in [0.2, 0.25) is 0 Å². The highest BCUT2D eigenvalue weighted by Crippen LogP contribution is 2.14. The fourth-order valence-electron chi connectivity index (χ4n) is 3.05. The van der Waals surface area contributed by atoms with Gasteiger partial charge in [0.25, 0.3) is 5.91 Å². The number of rotatable bonds is 7. The monoisotopic (exact) mass is 402 g/mol. The third-order valence-electron chi connectivity index (χ3n) is 4.72. The number of benzene rings is 1. The first-order chi connectivity index (χ1) is 13.7. The summed E-state index contributed by atoms with van der Waals surface area (Å²) in [6.07, 6.45) is 0. The molecule has 0 atom stereocenters. The summed E-state index contributed by atoms with van der Waals surface area (Å²) in [5.41, 5.74) is 1.02. The van der Waals surface area contributed by atoms with Crippen LogP contribution in [0.5, 0.6) is 5.75 Å². The summed E-state index contributed by atoms with van der Waals surface area (Å²) in [7, 11) is 1.63. The lowest BCUT2D eigenvalue weighted by Crippen LogP contribution is -2.50. The van der Waals surface area contributed by atoms with Crippen molar-refractivity contribution in [3.05, 3.63) is 52.2 Å². The van der Waals surface area contributed by atoms with Gasteiger partial charge in [0, 0.05) is 45.8 Å². The molecule has 1 aromatic carbocycles. The Morgan fingerprint density at radius 1 is 1.07 bits per heavy atom. The zero-order valence-electron chi connectivity index (χ0n) is 16.0. The van der Waals surface area contributed by atoms with E-state index in [1.165, 1.54) is 11.3 Å². The maximum Gasteiger partial charge on any atom is 0.315 e. The SMILES string of the molecule is COc1ccc(CNC(=O)NCCN2CCN(C(=O)c3cccs3)CC2)cc1. The van der Waals surface area contributed by atoms with Gasteiger partial charge in [-0.25, -0.2) is 4.79 Å². The molecule has 1 saturated heterocycles. The number of thiophene rings is 1. The third-order valence-corrected chi connectivity index (χ3v) is 5.58. The van der Waals surface area contributed by atoms with Gasteiger partial charge in [-0.1, -0.05) is 18.2 Å². The number of amides is 3. The Kier molecular flexibility index (Phi) is 7.27. The van der Waals surface area contributed by atoms with Crippen LogP contribution in [0, 0.1) is 0 Å². The zero-order chi connectivity index (χ0) is 19.8. The van der Waals surface area contributed by atoms with Crippen molar-refractivity contribution in [1.82, 2.24) is 20.4 Å². The van der Waals surface area contributed by atoms with Crippen molar-refractivity contribution >= 4 is 23.3 Å². The van der Waals surface area contributed by atoms with Gasteiger partial charge < -0.3 is 20.3 Å². The third kappa shape index (κ3) is 5.71. The Morgan fingerprint density at radius 2 is 1.82 bits per heavy atom. The van der Waals surface area contributed by atoms with Crippen LogP contribution < -0.4 is 15.4 Å². The summed E-state index contributed by atoms with van der Waals surface area (Å²) >= 11 is 1.48. The van der Waals surface area contributed by atoms with Crippen molar-refractivity contribution in [3.63, 3.8) is 0 Å². The van der Waals surface area contributed by atoms with Gasteiger partial charge in [-0.2, -0.15) is 0 Å². The molecule has 2 N–H and O–H groups in total. The van der Waals surface area contributed by atoms with Gasteiger partial charge in [0.1, 0.15) is 5.75 Å². The van der Waals surface area contributed by atoms with Crippen molar-refractivity contribution < 1.29 is 14.3 Å². The first kappa shape index (κ1) is 20.2. The quantitative estimate of drug-likeness (QED) is 0.743. The van der Waals surface area contributed by atoms with E-state index in [0.29, 0.717) is 13.1 Å². The van der Waals surface area contributed by atoms with Crippen molar-refractivity contribution in [2.45, 2.75) is 6.54 Å².